The number of alkyl halides is 3. The maximum Gasteiger partial charge on any atom is 0.416 e. The van der Waals surface area contributed by atoms with Gasteiger partial charge in [0.1, 0.15) is 5.57 Å². The van der Waals surface area contributed by atoms with Crippen LogP contribution in [0.4, 0.5) is 13.2 Å². The summed E-state index contributed by atoms with van der Waals surface area (Å²) in [7, 11) is 0. The standard InChI is InChI=1S/C22H22F3N3O2S/c1-5-26-19(29)18(20(30)27(6-2)21(26)31)11-15-10-13(3)28(14(15)4)17-9-7-8-16(12-17)22(23,24)25/h7-12H,5-6H2,1-4H3. The summed E-state index contributed by atoms with van der Waals surface area (Å²) in [6.45, 7) is 7.67. The lowest BCUT2D eigenvalue weighted by molar-refractivity contribution is -0.137. The molecule has 2 amide bonds. The Kier molecular flexibility index (Phi) is 6.09. The van der Waals surface area contributed by atoms with Crippen LogP contribution in [0.1, 0.15) is 36.4 Å². The summed E-state index contributed by atoms with van der Waals surface area (Å²) in [5, 5.41) is 0.173. The van der Waals surface area contributed by atoms with E-state index in [9.17, 15) is 22.8 Å². The fourth-order valence-corrected chi connectivity index (χ4v) is 4.11. The molecule has 5 nitrogen and oxygen atoms in total. The molecule has 0 bridgehead atoms. The molecule has 0 radical (unpaired) electrons. The van der Waals surface area contributed by atoms with Crippen molar-refractivity contribution in [3.63, 3.8) is 0 Å². The topological polar surface area (TPSA) is 45.6 Å². The molecule has 0 saturated carbocycles. The van der Waals surface area contributed by atoms with Gasteiger partial charge in [0, 0.05) is 30.2 Å². The number of nitrogens with zero attached hydrogens (tertiary/aromatic N) is 3. The summed E-state index contributed by atoms with van der Waals surface area (Å²) in [4.78, 5) is 28.4. The van der Waals surface area contributed by atoms with Gasteiger partial charge in [0.15, 0.2) is 5.11 Å². The van der Waals surface area contributed by atoms with Crippen molar-refractivity contribution < 1.29 is 22.8 Å². The van der Waals surface area contributed by atoms with Gasteiger partial charge in [-0.3, -0.25) is 19.4 Å². The third-order valence-corrected chi connectivity index (χ3v) is 5.69. The highest BCUT2D eigenvalue weighted by Crippen LogP contribution is 2.32. The normalized spacial score (nSPS) is 15.2. The van der Waals surface area contributed by atoms with E-state index in [0.29, 0.717) is 35.7 Å². The van der Waals surface area contributed by atoms with Gasteiger partial charge in [0.25, 0.3) is 11.8 Å². The second-order valence-corrected chi connectivity index (χ2v) is 7.51. The molecule has 1 aliphatic rings. The van der Waals surface area contributed by atoms with Gasteiger partial charge in [-0.15, -0.1) is 0 Å². The van der Waals surface area contributed by atoms with E-state index in [1.807, 2.05) is 0 Å². The minimum absolute atomic E-state index is 0.0263. The van der Waals surface area contributed by atoms with Crippen LogP contribution in [-0.4, -0.2) is 44.4 Å². The van der Waals surface area contributed by atoms with Crippen LogP contribution in [0.15, 0.2) is 35.9 Å². The van der Waals surface area contributed by atoms with Crippen LogP contribution in [-0.2, 0) is 15.8 Å². The largest absolute Gasteiger partial charge is 0.416 e. The first kappa shape index (κ1) is 22.7. The predicted molar refractivity (Wildman–Crippen MR) is 116 cm³/mol. The third-order valence-electron chi connectivity index (χ3n) is 5.25. The first-order valence-electron chi connectivity index (χ1n) is 9.77. The minimum atomic E-state index is -4.46. The van der Waals surface area contributed by atoms with Gasteiger partial charge < -0.3 is 4.57 Å². The van der Waals surface area contributed by atoms with Crippen molar-refractivity contribution >= 4 is 35.2 Å². The van der Waals surface area contributed by atoms with E-state index in [1.165, 1.54) is 21.9 Å². The number of thiocarbonyl (C=S) groups is 1. The second kappa shape index (κ2) is 8.30. The molecule has 0 unspecified atom stereocenters. The van der Waals surface area contributed by atoms with Crippen molar-refractivity contribution in [2.75, 3.05) is 13.1 Å². The lowest BCUT2D eigenvalue weighted by Gasteiger charge is -2.35. The number of amides is 2. The van der Waals surface area contributed by atoms with E-state index in [0.717, 1.165) is 12.1 Å². The molecule has 3 rings (SSSR count). The SMILES string of the molecule is CCN1C(=O)C(=Cc2cc(C)n(-c3cccc(C(F)(F)F)c3)c2C)C(=O)N(CC)C1=S. The number of hydrogen-bond acceptors (Lipinski definition) is 3. The van der Waals surface area contributed by atoms with Crippen LogP contribution in [0.2, 0.25) is 0 Å². The zero-order chi connectivity index (χ0) is 23.1. The van der Waals surface area contributed by atoms with Crippen molar-refractivity contribution in [3.05, 3.63) is 58.4 Å². The Morgan fingerprint density at radius 1 is 1.00 bits per heavy atom. The molecule has 1 aliphatic heterocycles. The van der Waals surface area contributed by atoms with E-state index in [2.05, 4.69) is 0 Å². The van der Waals surface area contributed by atoms with E-state index in [-0.39, 0.29) is 10.7 Å². The molecule has 2 heterocycles. The zero-order valence-corrected chi connectivity index (χ0v) is 18.4. The number of halogens is 3. The van der Waals surface area contributed by atoms with Gasteiger partial charge in [-0.1, -0.05) is 6.07 Å². The highest BCUT2D eigenvalue weighted by molar-refractivity contribution is 7.80. The quantitative estimate of drug-likeness (QED) is 0.393. The molecule has 9 heteroatoms. The van der Waals surface area contributed by atoms with Crippen LogP contribution in [0.3, 0.4) is 0 Å². The van der Waals surface area contributed by atoms with Crippen molar-refractivity contribution in [1.29, 1.82) is 0 Å². The third kappa shape index (κ3) is 4.01. The summed E-state index contributed by atoms with van der Waals surface area (Å²) in [5.41, 5.74) is 1.44. The molecule has 1 fully saturated rings. The number of likely N-dealkylation sites (N-methyl/N-ethyl adjacent to an activating group) is 2. The molecule has 1 saturated heterocycles. The fraction of sp³-hybridized carbons (Fsp3) is 0.318. The van der Waals surface area contributed by atoms with Crippen LogP contribution in [0.25, 0.3) is 11.8 Å². The summed E-state index contributed by atoms with van der Waals surface area (Å²) < 4.78 is 41.1. The summed E-state index contributed by atoms with van der Waals surface area (Å²) in [6.07, 6.45) is -2.97. The molecule has 2 aromatic rings. The number of rotatable bonds is 4. The van der Waals surface area contributed by atoms with Gasteiger partial charge in [0.2, 0.25) is 0 Å². The van der Waals surface area contributed by atoms with Crippen LogP contribution >= 0.6 is 12.2 Å². The van der Waals surface area contributed by atoms with Gasteiger partial charge in [-0.25, -0.2) is 0 Å². The zero-order valence-electron chi connectivity index (χ0n) is 17.6. The number of aromatic nitrogens is 1. The number of benzene rings is 1. The number of carbonyl (C=O) groups is 2. The monoisotopic (exact) mass is 449 g/mol. The lowest BCUT2D eigenvalue weighted by atomic mass is 10.1. The smallest absolute Gasteiger partial charge is 0.318 e. The molecular formula is C22H22F3N3O2S. The minimum Gasteiger partial charge on any atom is -0.318 e. The van der Waals surface area contributed by atoms with Crippen molar-refractivity contribution in [1.82, 2.24) is 14.4 Å². The van der Waals surface area contributed by atoms with Crippen molar-refractivity contribution in [2.24, 2.45) is 0 Å². The molecular weight excluding hydrogens is 427 g/mol. The molecule has 0 N–H and O–H groups in total. The fourth-order valence-electron chi connectivity index (χ4n) is 3.69. The Morgan fingerprint density at radius 3 is 2.10 bits per heavy atom. The Bertz CT molecular complexity index is 1070. The Morgan fingerprint density at radius 2 is 1.58 bits per heavy atom. The summed E-state index contributed by atoms with van der Waals surface area (Å²) >= 11 is 5.26. The highest BCUT2D eigenvalue weighted by Gasteiger charge is 2.38. The Labute approximate surface area is 183 Å². The average molecular weight is 449 g/mol. The van der Waals surface area contributed by atoms with Crippen LogP contribution in [0, 0.1) is 13.8 Å². The lowest BCUT2D eigenvalue weighted by Crippen LogP contribution is -2.55. The Hall–Kier alpha value is -2.94. The highest BCUT2D eigenvalue weighted by atomic mass is 32.1. The van der Waals surface area contributed by atoms with Gasteiger partial charge >= 0.3 is 6.18 Å². The second-order valence-electron chi connectivity index (χ2n) is 7.15. The maximum absolute atomic E-state index is 13.1. The Balaban J connectivity index is 2.10. The predicted octanol–water partition coefficient (Wildman–Crippen LogP) is 4.49. The first-order valence-corrected chi connectivity index (χ1v) is 10.2. The molecule has 1 aromatic carbocycles. The number of carbonyl (C=O) groups excluding carboxylic acids is 2. The molecule has 0 aliphatic carbocycles. The van der Waals surface area contributed by atoms with E-state index in [1.54, 1.807) is 44.4 Å². The van der Waals surface area contributed by atoms with Gasteiger partial charge in [-0.2, -0.15) is 13.2 Å². The van der Waals surface area contributed by atoms with Crippen LogP contribution < -0.4 is 0 Å². The molecule has 0 atom stereocenters. The van der Waals surface area contributed by atoms with E-state index >= 15 is 0 Å². The van der Waals surface area contributed by atoms with E-state index in [4.69, 9.17) is 12.2 Å². The number of hydrogen-bond donors (Lipinski definition) is 0. The van der Waals surface area contributed by atoms with Gasteiger partial charge in [-0.05, 0) is 75.8 Å². The summed E-state index contributed by atoms with van der Waals surface area (Å²) in [5.74, 6) is -0.961. The average Bonchev–Trinajstić information content (AvgIpc) is 2.98. The molecule has 31 heavy (non-hydrogen) atoms. The summed E-state index contributed by atoms with van der Waals surface area (Å²) in [6, 6.07) is 6.76. The van der Waals surface area contributed by atoms with E-state index < -0.39 is 23.6 Å². The maximum atomic E-state index is 13.1. The molecule has 0 spiro atoms. The van der Waals surface area contributed by atoms with Crippen molar-refractivity contribution in [2.45, 2.75) is 33.9 Å². The number of aryl methyl sites for hydroxylation is 1. The van der Waals surface area contributed by atoms with Gasteiger partial charge in [0.05, 0.1) is 5.56 Å². The van der Waals surface area contributed by atoms with Crippen molar-refractivity contribution in [3.8, 4) is 5.69 Å². The molecule has 1 aromatic heterocycles. The van der Waals surface area contributed by atoms with Crippen LogP contribution in [0.5, 0.6) is 0 Å². The molecule has 164 valence electrons. The first-order chi connectivity index (χ1) is 14.5.